The van der Waals surface area contributed by atoms with Crippen LogP contribution in [0.1, 0.15) is 0 Å². The predicted molar refractivity (Wildman–Crippen MR) is 44.9 cm³/mol. The van der Waals surface area contributed by atoms with Crippen LogP contribution in [0.2, 0.25) is 0 Å². The summed E-state index contributed by atoms with van der Waals surface area (Å²) in [7, 11) is 0. The number of primary amides is 1. The fraction of sp³-hybridized carbons (Fsp3) is 0.286. The summed E-state index contributed by atoms with van der Waals surface area (Å²) in [4.78, 5) is 31.5. The molecule has 7 heteroatoms. The third-order valence-electron chi connectivity index (χ3n) is 0.953. The number of urea groups is 1. The molecule has 0 rings (SSSR count). The first-order valence-corrected chi connectivity index (χ1v) is 3.62. The number of rotatable bonds is 4. The molecule has 4 N–H and O–H groups in total. The minimum atomic E-state index is -1.01. The molecular weight excluding hydrogens is 192 g/mol. The lowest BCUT2D eigenvalue weighted by atomic mass is 10.4. The van der Waals surface area contributed by atoms with Crippen molar-refractivity contribution in [3.05, 3.63) is 12.2 Å². The van der Waals surface area contributed by atoms with Crippen molar-refractivity contribution in [2.24, 2.45) is 5.73 Å². The number of imide groups is 1. The topological polar surface area (TPSA) is 119 Å². The molecule has 0 aliphatic rings. The summed E-state index contributed by atoms with van der Waals surface area (Å²) < 4.78 is 4.37. The van der Waals surface area contributed by atoms with Crippen LogP contribution >= 0.6 is 0 Å². The number of amides is 3. The molecule has 0 radical (unpaired) electrons. The SMILES string of the molecule is NC(=O)NC(=O)C=CC(=O)OCCO. The van der Waals surface area contributed by atoms with Crippen molar-refractivity contribution in [2.75, 3.05) is 13.2 Å². The van der Waals surface area contributed by atoms with E-state index in [1.54, 1.807) is 5.32 Å². The average molecular weight is 202 g/mol. The standard InChI is InChI=1S/C7H10N2O5/c8-7(13)9-5(11)1-2-6(12)14-4-3-10/h1-2,10H,3-4H2,(H3,8,9,11,13). The Hall–Kier alpha value is -1.89. The van der Waals surface area contributed by atoms with Gasteiger partial charge < -0.3 is 15.6 Å². The molecule has 0 fully saturated rings. The van der Waals surface area contributed by atoms with E-state index in [1.165, 1.54) is 0 Å². The van der Waals surface area contributed by atoms with Gasteiger partial charge in [0.05, 0.1) is 6.61 Å². The summed E-state index contributed by atoms with van der Waals surface area (Å²) in [6.07, 6.45) is 1.61. The molecule has 0 saturated carbocycles. The second-order valence-corrected chi connectivity index (χ2v) is 2.08. The van der Waals surface area contributed by atoms with Gasteiger partial charge in [-0.2, -0.15) is 0 Å². The van der Waals surface area contributed by atoms with Crippen LogP contribution in [0.4, 0.5) is 4.79 Å². The molecule has 0 aromatic heterocycles. The minimum Gasteiger partial charge on any atom is -0.460 e. The van der Waals surface area contributed by atoms with E-state index in [0.717, 1.165) is 12.2 Å². The monoisotopic (exact) mass is 202 g/mol. The smallest absolute Gasteiger partial charge is 0.331 e. The number of nitrogens with one attached hydrogen (secondary N) is 1. The number of carbonyl (C=O) groups is 3. The van der Waals surface area contributed by atoms with Crippen LogP contribution in [-0.2, 0) is 14.3 Å². The summed E-state index contributed by atoms with van der Waals surface area (Å²) in [6.45, 7) is -0.451. The summed E-state index contributed by atoms with van der Waals surface area (Å²) >= 11 is 0. The van der Waals surface area contributed by atoms with Crippen LogP contribution in [0, 0.1) is 0 Å². The molecule has 0 spiro atoms. The molecule has 78 valence electrons. The Morgan fingerprint density at radius 1 is 1.36 bits per heavy atom. The van der Waals surface area contributed by atoms with Crippen LogP contribution < -0.4 is 11.1 Å². The number of aliphatic hydroxyl groups is 1. The van der Waals surface area contributed by atoms with Gasteiger partial charge in [0, 0.05) is 12.2 Å². The number of hydrogen-bond acceptors (Lipinski definition) is 5. The second-order valence-electron chi connectivity index (χ2n) is 2.08. The maximum atomic E-state index is 10.7. The van der Waals surface area contributed by atoms with E-state index in [2.05, 4.69) is 10.5 Å². The largest absolute Gasteiger partial charge is 0.460 e. The van der Waals surface area contributed by atoms with E-state index in [1.807, 2.05) is 0 Å². The highest BCUT2D eigenvalue weighted by molar-refractivity contribution is 6.02. The number of aliphatic hydroxyl groups excluding tert-OH is 1. The van der Waals surface area contributed by atoms with Crippen molar-refractivity contribution in [3.8, 4) is 0 Å². The Morgan fingerprint density at radius 2 is 2.00 bits per heavy atom. The molecule has 0 aliphatic heterocycles. The van der Waals surface area contributed by atoms with Gasteiger partial charge in [-0.3, -0.25) is 10.1 Å². The Balaban J connectivity index is 3.85. The van der Waals surface area contributed by atoms with Gasteiger partial charge in [-0.05, 0) is 0 Å². The molecule has 0 aromatic rings. The number of hydrogen-bond donors (Lipinski definition) is 3. The quantitative estimate of drug-likeness (QED) is 0.370. The third kappa shape index (κ3) is 6.80. The molecule has 14 heavy (non-hydrogen) atoms. The van der Waals surface area contributed by atoms with Crippen molar-refractivity contribution >= 4 is 17.9 Å². The summed E-state index contributed by atoms with van der Waals surface area (Å²) in [5, 5.41) is 9.98. The zero-order valence-electron chi connectivity index (χ0n) is 7.23. The average Bonchev–Trinajstić information content (AvgIpc) is 2.10. The van der Waals surface area contributed by atoms with Crippen LogP contribution in [0.25, 0.3) is 0 Å². The van der Waals surface area contributed by atoms with Crippen molar-refractivity contribution in [1.29, 1.82) is 0 Å². The Bertz CT molecular complexity index is 261. The predicted octanol–water partition coefficient (Wildman–Crippen LogP) is -1.73. The highest BCUT2D eigenvalue weighted by Crippen LogP contribution is 1.81. The van der Waals surface area contributed by atoms with Crippen LogP contribution in [-0.4, -0.2) is 36.2 Å². The fourth-order valence-electron chi connectivity index (χ4n) is 0.501. The van der Waals surface area contributed by atoms with Gasteiger partial charge in [0.15, 0.2) is 0 Å². The zero-order valence-corrected chi connectivity index (χ0v) is 7.23. The van der Waals surface area contributed by atoms with Gasteiger partial charge in [-0.15, -0.1) is 0 Å². The Labute approximate surface area is 79.5 Å². The number of carbonyl (C=O) groups excluding carboxylic acids is 3. The molecule has 0 bridgehead atoms. The van der Waals surface area contributed by atoms with Crippen LogP contribution in [0.3, 0.4) is 0 Å². The van der Waals surface area contributed by atoms with Crippen molar-refractivity contribution in [3.63, 3.8) is 0 Å². The first kappa shape index (κ1) is 12.1. The van der Waals surface area contributed by atoms with Crippen molar-refractivity contribution in [2.45, 2.75) is 0 Å². The van der Waals surface area contributed by atoms with E-state index in [9.17, 15) is 14.4 Å². The number of esters is 1. The highest BCUT2D eigenvalue weighted by Gasteiger charge is 2.00. The maximum Gasteiger partial charge on any atom is 0.331 e. The van der Waals surface area contributed by atoms with Gasteiger partial charge in [-0.25, -0.2) is 9.59 Å². The molecule has 3 amide bonds. The van der Waals surface area contributed by atoms with Gasteiger partial charge in [-0.1, -0.05) is 0 Å². The van der Waals surface area contributed by atoms with E-state index in [0.29, 0.717) is 0 Å². The van der Waals surface area contributed by atoms with E-state index in [-0.39, 0.29) is 13.2 Å². The molecule has 0 saturated heterocycles. The van der Waals surface area contributed by atoms with Crippen LogP contribution in [0.5, 0.6) is 0 Å². The highest BCUT2D eigenvalue weighted by atomic mass is 16.5. The van der Waals surface area contributed by atoms with Crippen LogP contribution in [0.15, 0.2) is 12.2 Å². The first-order valence-electron chi connectivity index (χ1n) is 3.62. The Morgan fingerprint density at radius 3 is 2.50 bits per heavy atom. The van der Waals surface area contributed by atoms with Gasteiger partial charge >= 0.3 is 12.0 Å². The lowest BCUT2D eigenvalue weighted by Gasteiger charge is -1.96. The van der Waals surface area contributed by atoms with Gasteiger partial charge in [0.2, 0.25) is 0 Å². The summed E-state index contributed by atoms with van der Waals surface area (Å²) in [5.74, 6) is -1.61. The molecule has 0 heterocycles. The molecule has 7 nitrogen and oxygen atoms in total. The number of ether oxygens (including phenoxy) is 1. The first-order chi connectivity index (χ1) is 6.56. The lowest BCUT2D eigenvalue weighted by Crippen LogP contribution is -2.33. The van der Waals surface area contributed by atoms with E-state index >= 15 is 0 Å². The normalized spacial score (nSPS) is 9.79. The molecule has 0 atom stereocenters. The number of nitrogens with two attached hydrogens (primary N) is 1. The molecule has 0 unspecified atom stereocenters. The zero-order chi connectivity index (χ0) is 11.0. The molecule has 0 aromatic carbocycles. The minimum absolute atomic E-state index is 0.152. The lowest BCUT2D eigenvalue weighted by molar-refractivity contribution is -0.138. The van der Waals surface area contributed by atoms with E-state index in [4.69, 9.17) is 5.11 Å². The maximum absolute atomic E-state index is 10.7. The molecule has 0 aliphatic carbocycles. The summed E-state index contributed by atoms with van der Waals surface area (Å²) in [5.41, 5.74) is 4.63. The second kappa shape index (κ2) is 6.61. The van der Waals surface area contributed by atoms with E-state index < -0.39 is 17.9 Å². The van der Waals surface area contributed by atoms with Gasteiger partial charge in [0.1, 0.15) is 6.61 Å². The summed E-state index contributed by atoms with van der Waals surface area (Å²) in [6, 6.07) is -1.01. The molecular formula is C7H10N2O5. The Kier molecular flexibility index (Phi) is 5.72. The third-order valence-corrected chi connectivity index (χ3v) is 0.953. The fourth-order valence-corrected chi connectivity index (χ4v) is 0.501. The van der Waals surface area contributed by atoms with Crippen molar-refractivity contribution < 1.29 is 24.2 Å². The van der Waals surface area contributed by atoms with Crippen molar-refractivity contribution in [1.82, 2.24) is 5.32 Å². The van der Waals surface area contributed by atoms with Gasteiger partial charge in [0.25, 0.3) is 5.91 Å².